The first-order valence-electron chi connectivity index (χ1n) is 5.26. The second-order valence-electron chi connectivity index (χ2n) is 3.66. The molecule has 0 spiro atoms. The molecule has 94 valence electrons. The molecule has 2 nitrogen and oxygen atoms in total. The average Bonchev–Trinajstić information content (AvgIpc) is 2.43. The van der Waals surface area contributed by atoms with E-state index in [1.807, 2.05) is 6.07 Å². The summed E-state index contributed by atoms with van der Waals surface area (Å²) < 4.78 is 25.9. The zero-order valence-electron chi connectivity index (χ0n) is 9.56. The maximum atomic E-state index is 13.1. The summed E-state index contributed by atoms with van der Waals surface area (Å²) in [5.41, 5.74) is 0.713. The maximum Gasteiger partial charge on any atom is 0.159 e. The molecule has 0 bridgehead atoms. The third-order valence-electron chi connectivity index (χ3n) is 2.38. The van der Waals surface area contributed by atoms with Crippen molar-refractivity contribution in [2.75, 3.05) is 0 Å². The fourth-order valence-electron chi connectivity index (χ4n) is 1.46. The molecule has 0 aliphatic heterocycles. The molecule has 0 heterocycles. The van der Waals surface area contributed by atoms with Crippen LogP contribution < -0.4 is 0 Å². The largest absolute Gasteiger partial charge is 0.298 e. The van der Waals surface area contributed by atoms with E-state index in [0.29, 0.717) is 27.2 Å². The van der Waals surface area contributed by atoms with Crippen molar-refractivity contribution in [3.63, 3.8) is 0 Å². The summed E-state index contributed by atoms with van der Waals surface area (Å²) >= 11 is 1.14. The Hall–Kier alpha value is -2.19. The number of benzene rings is 2. The Kier molecular flexibility index (Phi) is 3.93. The van der Waals surface area contributed by atoms with Crippen molar-refractivity contribution < 1.29 is 13.6 Å². The Morgan fingerprint density at radius 3 is 2.53 bits per heavy atom. The van der Waals surface area contributed by atoms with Gasteiger partial charge in [-0.2, -0.15) is 5.26 Å². The topological polar surface area (TPSA) is 40.9 Å². The normalized spacial score (nSPS) is 9.95. The highest BCUT2D eigenvalue weighted by Crippen LogP contribution is 2.31. The highest BCUT2D eigenvalue weighted by Gasteiger charge is 2.08. The van der Waals surface area contributed by atoms with Crippen LogP contribution in [-0.2, 0) is 0 Å². The van der Waals surface area contributed by atoms with Crippen molar-refractivity contribution in [3.8, 4) is 6.07 Å². The molecule has 0 aliphatic carbocycles. The number of aldehydes is 1. The van der Waals surface area contributed by atoms with Crippen molar-refractivity contribution in [3.05, 3.63) is 59.2 Å². The number of halogens is 2. The molecule has 0 aliphatic rings. The van der Waals surface area contributed by atoms with Gasteiger partial charge >= 0.3 is 0 Å². The van der Waals surface area contributed by atoms with E-state index in [-0.39, 0.29) is 0 Å². The minimum atomic E-state index is -0.937. The summed E-state index contributed by atoms with van der Waals surface area (Å²) in [6.07, 6.45) is 0.646. The lowest BCUT2D eigenvalue weighted by molar-refractivity contribution is 0.112. The molecule has 0 atom stereocenters. The van der Waals surface area contributed by atoms with Crippen molar-refractivity contribution in [2.45, 2.75) is 9.79 Å². The van der Waals surface area contributed by atoms with Crippen LogP contribution in [0.3, 0.4) is 0 Å². The number of carbonyl (C=O) groups excluding carboxylic acids is 1. The van der Waals surface area contributed by atoms with E-state index < -0.39 is 11.6 Å². The monoisotopic (exact) mass is 275 g/mol. The minimum Gasteiger partial charge on any atom is -0.298 e. The van der Waals surface area contributed by atoms with Gasteiger partial charge in [0.05, 0.1) is 5.56 Å². The molecule has 0 saturated carbocycles. The molecule has 5 heteroatoms. The van der Waals surface area contributed by atoms with Crippen LogP contribution in [0.1, 0.15) is 15.9 Å². The van der Waals surface area contributed by atoms with E-state index in [4.69, 9.17) is 5.26 Å². The highest BCUT2D eigenvalue weighted by atomic mass is 32.2. The van der Waals surface area contributed by atoms with Crippen molar-refractivity contribution in [2.24, 2.45) is 0 Å². The molecule has 2 rings (SSSR count). The van der Waals surface area contributed by atoms with Crippen LogP contribution in [0, 0.1) is 23.0 Å². The second kappa shape index (κ2) is 5.63. The molecule has 19 heavy (non-hydrogen) atoms. The molecule has 0 fully saturated rings. The first kappa shape index (κ1) is 13.2. The third kappa shape index (κ3) is 2.98. The number of carbonyl (C=O) groups is 1. The Labute approximate surface area is 112 Å². The van der Waals surface area contributed by atoms with Crippen LogP contribution in [0.25, 0.3) is 0 Å². The summed E-state index contributed by atoms with van der Waals surface area (Å²) in [6, 6.07) is 10.1. The zero-order chi connectivity index (χ0) is 13.8. The molecule has 0 unspecified atom stereocenters. The molecule has 2 aromatic carbocycles. The smallest absolute Gasteiger partial charge is 0.159 e. The lowest BCUT2D eigenvalue weighted by Crippen LogP contribution is -1.87. The Morgan fingerprint density at radius 2 is 1.89 bits per heavy atom. The summed E-state index contributed by atoms with van der Waals surface area (Å²) in [7, 11) is 0. The SMILES string of the molecule is N#Cc1cc(C=O)ccc1Sc1ccc(F)c(F)c1. The van der Waals surface area contributed by atoms with Gasteiger partial charge in [-0.05, 0) is 30.3 Å². The van der Waals surface area contributed by atoms with Crippen LogP contribution in [0.5, 0.6) is 0 Å². The average molecular weight is 275 g/mol. The quantitative estimate of drug-likeness (QED) is 0.800. The van der Waals surface area contributed by atoms with E-state index in [0.717, 1.165) is 23.9 Å². The minimum absolute atomic E-state index is 0.319. The predicted molar refractivity (Wildman–Crippen MR) is 67.0 cm³/mol. The van der Waals surface area contributed by atoms with Gasteiger partial charge in [0.25, 0.3) is 0 Å². The predicted octanol–water partition coefficient (Wildman–Crippen LogP) is 3.80. The number of hydrogen-bond acceptors (Lipinski definition) is 3. The third-order valence-corrected chi connectivity index (χ3v) is 3.44. The van der Waals surface area contributed by atoms with E-state index in [1.165, 1.54) is 12.1 Å². The highest BCUT2D eigenvalue weighted by molar-refractivity contribution is 7.99. The maximum absolute atomic E-state index is 13.1. The van der Waals surface area contributed by atoms with Gasteiger partial charge < -0.3 is 0 Å². The molecule has 0 amide bonds. The lowest BCUT2D eigenvalue weighted by Gasteiger charge is -2.05. The summed E-state index contributed by atoms with van der Waals surface area (Å²) in [4.78, 5) is 11.7. The molecule has 0 N–H and O–H groups in total. The summed E-state index contributed by atoms with van der Waals surface area (Å²) in [5, 5.41) is 9.00. The molecular formula is C14H7F2NOS. The molecule has 0 saturated heterocycles. The first-order chi connectivity index (χ1) is 9.13. The van der Waals surface area contributed by atoms with Gasteiger partial charge in [-0.3, -0.25) is 4.79 Å². The number of nitrogens with zero attached hydrogens (tertiary/aromatic N) is 1. The molecule has 0 aromatic heterocycles. The fourth-order valence-corrected chi connectivity index (χ4v) is 2.37. The number of hydrogen-bond donors (Lipinski definition) is 0. The van der Waals surface area contributed by atoms with Crippen molar-refractivity contribution >= 4 is 18.0 Å². The van der Waals surface area contributed by atoms with Crippen molar-refractivity contribution in [1.29, 1.82) is 5.26 Å². The van der Waals surface area contributed by atoms with E-state index in [9.17, 15) is 13.6 Å². The number of nitriles is 1. The van der Waals surface area contributed by atoms with Gasteiger partial charge in [-0.25, -0.2) is 8.78 Å². The van der Waals surface area contributed by atoms with Gasteiger partial charge in [0.1, 0.15) is 12.4 Å². The molecular weight excluding hydrogens is 268 g/mol. The van der Waals surface area contributed by atoms with E-state index in [2.05, 4.69) is 0 Å². The van der Waals surface area contributed by atoms with Crippen LogP contribution >= 0.6 is 11.8 Å². The summed E-state index contributed by atoms with van der Waals surface area (Å²) in [6.45, 7) is 0. The first-order valence-corrected chi connectivity index (χ1v) is 6.08. The van der Waals surface area contributed by atoms with Crippen LogP contribution in [0.2, 0.25) is 0 Å². The van der Waals surface area contributed by atoms with Crippen LogP contribution in [0.4, 0.5) is 8.78 Å². The van der Waals surface area contributed by atoms with Crippen LogP contribution in [0.15, 0.2) is 46.2 Å². The van der Waals surface area contributed by atoms with Gasteiger partial charge in [0.2, 0.25) is 0 Å². The fraction of sp³-hybridized carbons (Fsp3) is 0. The Morgan fingerprint density at radius 1 is 1.11 bits per heavy atom. The van der Waals surface area contributed by atoms with Gasteiger partial charge in [-0.15, -0.1) is 0 Å². The molecule has 2 aromatic rings. The van der Waals surface area contributed by atoms with Crippen LogP contribution in [-0.4, -0.2) is 6.29 Å². The van der Waals surface area contributed by atoms with Crippen molar-refractivity contribution in [1.82, 2.24) is 0 Å². The van der Waals surface area contributed by atoms with Gasteiger partial charge in [0.15, 0.2) is 11.6 Å². The van der Waals surface area contributed by atoms with E-state index in [1.54, 1.807) is 12.1 Å². The molecule has 0 radical (unpaired) electrons. The Balaban J connectivity index is 2.35. The zero-order valence-corrected chi connectivity index (χ0v) is 10.4. The second-order valence-corrected chi connectivity index (χ2v) is 4.78. The summed E-state index contributed by atoms with van der Waals surface area (Å²) in [5.74, 6) is -1.85. The standard InChI is InChI=1S/C14H7F2NOS/c15-12-3-2-11(6-13(12)16)19-14-4-1-9(8-18)5-10(14)7-17/h1-6,8H. The van der Waals surface area contributed by atoms with Gasteiger partial charge in [-0.1, -0.05) is 17.8 Å². The lowest BCUT2D eigenvalue weighted by atomic mass is 10.1. The van der Waals surface area contributed by atoms with E-state index >= 15 is 0 Å². The number of rotatable bonds is 3. The Bertz CT molecular complexity index is 680. The van der Waals surface area contributed by atoms with Gasteiger partial charge in [0, 0.05) is 15.4 Å².